The Balaban J connectivity index is 1.79. The number of nitrogens with zero attached hydrogens (tertiary/aromatic N) is 3. The molecule has 0 radical (unpaired) electrons. The van der Waals surface area contributed by atoms with Crippen LogP contribution in [0.3, 0.4) is 0 Å². The first-order valence-corrected chi connectivity index (χ1v) is 6.73. The van der Waals surface area contributed by atoms with Gasteiger partial charge in [0, 0.05) is 31.4 Å². The summed E-state index contributed by atoms with van der Waals surface area (Å²) in [5.74, 6) is 1.30. The first kappa shape index (κ1) is 12.0. The summed E-state index contributed by atoms with van der Waals surface area (Å²) in [5, 5.41) is 7.17. The third-order valence-electron chi connectivity index (χ3n) is 3.47. The second-order valence-electron chi connectivity index (χ2n) is 4.77. The number of piperidine rings is 1. The molecule has 5 heteroatoms. The monoisotopic (exact) mass is 258 g/mol. The topological polar surface area (TPSA) is 54.2 Å². The molecule has 1 saturated heterocycles. The van der Waals surface area contributed by atoms with Gasteiger partial charge in [-0.25, -0.2) is 0 Å². The van der Waals surface area contributed by atoms with Gasteiger partial charge in [-0.15, -0.1) is 0 Å². The van der Waals surface area contributed by atoms with Gasteiger partial charge in [0.15, 0.2) is 0 Å². The Hall–Kier alpha value is -2.04. The van der Waals surface area contributed by atoms with E-state index in [4.69, 9.17) is 4.52 Å². The van der Waals surface area contributed by atoms with Crippen LogP contribution in [-0.2, 0) is 0 Å². The largest absolute Gasteiger partial charge is 0.388 e. The summed E-state index contributed by atoms with van der Waals surface area (Å²) in [4.78, 5) is 6.68. The molecule has 0 amide bonds. The lowest BCUT2D eigenvalue weighted by atomic mass is 10.1. The van der Waals surface area contributed by atoms with Gasteiger partial charge in [0.25, 0.3) is 11.8 Å². The minimum atomic E-state index is 0.586. The third kappa shape index (κ3) is 2.54. The SMILES string of the molecule is CNc1ccc(-c2nc(N3CCCCC3)no2)cc1. The second kappa shape index (κ2) is 5.30. The van der Waals surface area contributed by atoms with E-state index in [1.165, 1.54) is 19.3 Å². The number of benzene rings is 1. The van der Waals surface area contributed by atoms with E-state index in [2.05, 4.69) is 20.4 Å². The Labute approximate surface area is 112 Å². The van der Waals surface area contributed by atoms with Crippen molar-refractivity contribution in [2.45, 2.75) is 19.3 Å². The van der Waals surface area contributed by atoms with Gasteiger partial charge in [0.05, 0.1) is 0 Å². The molecule has 19 heavy (non-hydrogen) atoms. The van der Waals surface area contributed by atoms with Crippen LogP contribution in [0.5, 0.6) is 0 Å². The predicted octanol–water partition coefficient (Wildman–Crippen LogP) is 2.77. The van der Waals surface area contributed by atoms with E-state index >= 15 is 0 Å². The van der Waals surface area contributed by atoms with E-state index in [9.17, 15) is 0 Å². The van der Waals surface area contributed by atoms with Crippen LogP contribution in [0.4, 0.5) is 11.6 Å². The van der Waals surface area contributed by atoms with Crippen molar-refractivity contribution < 1.29 is 4.52 Å². The normalized spacial score (nSPS) is 15.5. The van der Waals surface area contributed by atoms with E-state index in [0.717, 1.165) is 24.3 Å². The van der Waals surface area contributed by atoms with Crippen LogP contribution in [0.25, 0.3) is 11.5 Å². The van der Waals surface area contributed by atoms with Gasteiger partial charge < -0.3 is 14.7 Å². The van der Waals surface area contributed by atoms with Gasteiger partial charge in [-0.2, -0.15) is 4.98 Å². The summed E-state index contributed by atoms with van der Waals surface area (Å²) < 4.78 is 5.35. The number of rotatable bonds is 3. The fourth-order valence-corrected chi connectivity index (χ4v) is 2.33. The number of hydrogen-bond acceptors (Lipinski definition) is 5. The maximum atomic E-state index is 5.35. The molecule has 1 aliphatic heterocycles. The molecule has 1 aromatic heterocycles. The molecular weight excluding hydrogens is 240 g/mol. The molecule has 0 spiro atoms. The maximum Gasteiger partial charge on any atom is 0.266 e. The Morgan fingerprint density at radius 1 is 1.11 bits per heavy atom. The van der Waals surface area contributed by atoms with E-state index in [0.29, 0.717) is 11.8 Å². The highest BCUT2D eigenvalue weighted by Gasteiger charge is 2.17. The number of aromatic nitrogens is 2. The van der Waals surface area contributed by atoms with Crippen molar-refractivity contribution >= 4 is 11.6 Å². The van der Waals surface area contributed by atoms with Gasteiger partial charge in [0.1, 0.15) is 0 Å². The summed E-state index contributed by atoms with van der Waals surface area (Å²) in [6.07, 6.45) is 3.72. The highest BCUT2D eigenvalue weighted by Crippen LogP contribution is 2.23. The van der Waals surface area contributed by atoms with Gasteiger partial charge in [-0.3, -0.25) is 0 Å². The number of nitrogens with one attached hydrogen (secondary N) is 1. The van der Waals surface area contributed by atoms with E-state index in [1.807, 2.05) is 31.3 Å². The molecule has 0 unspecified atom stereocenters. The molecule has 1 aromatic carbocycles. The summed E-state index contributed by atoms with van der Waals surface area (Å²) in [6.45, 7) is 2.05. The van der Waals surface area contributed by atoms with E-state index < -0.39 is 0 Å². The number of hydrogen-bond donors (Lipinski definition) is 1. The van der Waals surface area contributed by atoms with Crippen molar-refractivity contribution in [3.8, 4) is 11.5 Å². The van der Waals surface area contributed by atoms with Crippen molar-refractivity contribution in [2.24, 2.45) is 0 Å². The Kier molecular flexibility index (Phi) is 3.35. The summed E-state index contributed by atoms with van der Waals surface area (Å²) in [6, 6.07) is 7.97. The summed E-state index contributed by atoms with van der Waals surface area (Å²) in [7, 11) is 1.90. The van der Waals surface area contributed by atoms with Crippen molar-refractivity contribution in [1.29, 1.82) is 0 Å². The lowest BCUT2D eigenvalue weighted by molar-refractivity contribution is 0.426. The molecule has 1 aliphatic rings. The standard InChI is InChI=1S/C14H18N4O/c1-15-12-7-5-11(6-8-12)13-16-14(17-19-13)18-9-3-2-4-10-18/h5-8,15H,2-4,9-10H2,1H3. The molecule has 0 bridgehead atoms. The molecule has 3 rings (SSSR count). The number of anilines is 2. The summed E-state index contributed by atoms with van der Waals surface area (Å²) in [5.41, 5.74) is 2.02. The zero-order valence-electron chi connectivity index (χ0n) is 11.1. The third-order valence-corrected chi connectivity index (χ3v) is 3.47. The molecule has 2 aromatic rings. The lowest BCUT2D eigenvalue weighted by Crippen LogP contribution is -2.30. The summed E-state index contributed by atoms with van der Waals surface area (Å²) >= 11 is 0. The van der Waals surface area contributed by atoms with Crippen LogP contribution in [0, 0.1) is 0 Å². The van der Waals surface area contributed by atoms with Crippen molar-refractivity contribution in [2.75, 3.05) is 30.4 Å². The molecule has 0 aliphatic carbocycles. The lowest BCUT2D eigenvalue weighted by Gasteiger charge is -2.24. The minimum absolute atomic E-state index is 0.586. The average Bonchev–Trinajstić information content (AvgIpc) is 2.98. The molecule has 100 valence electrons. The van der Waals surface area contributed by atoms with Gasteiger partial charge in [-0.05, 0) is 48.7 Å². The van der Waals surface area contributed by atoms with Crippen LogP contribution in [0.1, 0.15) is 19.3 Å². The molecule has 0 atom stereocenters. The Morgan fingerprint density at radius 2 is 1.84 bits per heavy atom. The smallest absolute Gasteiger partial charge is 0.266 e. The molecule has 1 N–H and O–H groups in total. The van der Waals surface area contributed by atoms with Crippen molar-refractivity contribution in [3.05, 3.63) is 24.3 Å². The molecular formula is C14H18N4O. The zero-order chi connectivity index (χ0) is 13.1. The molecule has 2 heterocycles. The van der Waals surface area contributed by atoms with Crippen LogP contribution in [0.2, 0.25) is 0 Å². The second-order valence-corrected chi connectivity index (χ2v) is 4.77. The molecule has 0 saturated carbocycles. The first-order valence-electron chi connectivity index (χ1n) is 6.73. The minimum Gasteiger partial charge on any atom is -0.388 e. The predicted molar refractivity (Wildman–Crippen MR) is 75.3 cm³/mol. The maximum absolute atomic E-state index is 5.35. The zero-order valence-corrected chi connectivity index (χ0v) is 11.1. The average molecular weight is 258 g/mol. The van der Waals surface area contributed by atoms with Crippen LogP contribution in [-0.4, -0.2) is 30.3 Å². The Bertz CT molecular complexity index is 529. The van der Waals surface area contributed by atoms with Gasteiger partial charge in [-0.1, -0.05) is 0 Å². The fraction of sp³-hybridized carbons (Fsp3) is 0.429. The van der Waals surface area contributed by atoms with Crippen molar-refractivity contribution in [1.82, 2.24) is 10.1 Å². The fourth-order valence-electron chi connectivity index (χ4n) is 2.33. The highest BCUT2D eigenvalue weighted by molar-refractivity contribution is 5.59. The quantitative estimate of drug-likeness (QED) is 0.917. The molecule has 1 fully saturated rings. The van der Waals surface area contributed by atoms with Gasteiger partial charge in [0.2, 0.25) is 0 Å². The Morgan fingerprint density at radius 3 is 2.53 bits per heavy atom. The van der Waals surface area contributed by atoms with Gasteiger partial charge >= 0.3 is 0 Å². The highest BCUT2D eigenvalue weighted by atomic mass is 16.5. The first-order chi connectivity index (χ1) is 9.36. The molecule has 5 nitrogen and oxygen atoms in total. The van der Waals surface area contributed by atoms with Crippen LogP contribution in [0.15, 0.2) is 28.8 Å². The van der Waals surface area contributed by atoms with E-state index in [1.54, 1.807) is 0 Å². The van der Waals surface area contributed by atoms with Crippen molar-refractivity contribution in [3.63, 3.8) is 0 Å². The van der Waals surface area contributed by atoms with E-state index in [-0.39, 0.29) is 0 Å². The van der Waals surface area contributed by atoms with Crippen LogP contribution < -0.4 is 10.2 Å². The van der Waals surface area contributed by atoms with Crippen LogP contribution >= 0.6 is 0 Å².